The maximum Gasteiger partial charge on any atom is 0.245 e. The number of halogens is 1. The molecular weight excluding hydrogens is 123 g/mol. The van der Waals surface area contributed by atoms with Crippen molar-refractivity contribution in [1.29, 1.82) is 0 Å². The van der Waals surface area contributed by atoms with E-state index in [1.165, 1.54) is 6.42 Å². The highest BCUT2D eigenvalue weighted by Gasteiger charge is 2.12. The molecule has 8 heavy (non-hydrogen) atoms. The lowest BCUT2D eigenvalue weighted by Crippen LogP contribution is -2.22. The first-order valence-electron chi connectivity index (χ1n) is 3.11. The van der Waals surface area contributed by atoms with Crippen LogP contribution in [-0.2, 0) is 4.74 Å². The second kappa shape index (κ2) is 3.20. The Morgan fingerprint density at radius 3 is 2.75 bits per heavy atom. The lowest BCUT2D eigenvalue weighted by molar-refractivity contribution is 0.0618. The van der Waals surface area contributed by atoms with E-state index in [0.717, 1.165) is 19.4 Å². The van der Waals surface area contributed by atoms with Gasteiger partial charge in [0, 0.05) is 6.61 Å². The van der Waals surface area contributed by atoms with Gasteiger partial charge < -0.3 is 8.84 Å². The predicted molar refractivity (Wildman–Crippen MR) is 33.2 cm³/mol. The summed E-state index contributed by atoms with van der Waals surface area (Å²) in [6, 6.07) is 0. The van der Waals surface area contributed by atoms with Crippen molar-refractivity contribution in [2.75, 3.05) is 6.61 Å². The van der Waals surface area contributed by atoms with Crippen LogP contribution in [0.4, 0.5) is 4.11 Å². The van der Waals surface area contributed by atoms with Crippen LogP contribution in [0.3, 0.4) is 0 Å². The van der Waals surface area contributed by atoms with E-state index in [0.29, 0.717) is 0 Å². The molecule has 0 bridgehead atoms. The Morgan fingerprint density at radius 1 is 1.50 bits per heavy atom. The summed E-state index contributed by atoms with van der Waals surface area (Å²) in [5.74, 6) is 0. The quantitative estimate of drug-likeness (QED) is 0.376. The molecule has 1 rings (SSSR count). The second-order valence-electron chi connectivity index (χ2n) is 2.14. The van der Waals surface area contributed by atoms with Crippen LogP contribution in [0.1, 0.15) is 19.3 Å². The van der Waals surface area contributed by atoms with E-state index in [9.17, 15) is 4.11 Å². The molecule has 1 nitrogen and oxygen atoms in total. The molecule has 1 unspecified atom stereocenters. The Labute approximate surface area is 51.2 Å². The summed E-state index contributed by atoms with van der Waals surface area (Å²) in [5, 5.41) is 0. The summed E-state index contributed by atoms with van der Waals surface area (Å²) < 4.78 is 17.0. The van der Waals surface area contributed by atoms with Gasteiger partial charge in [-0.3, -0.25) is 0 Å². The third-order valence-electron chi connectivity index (χ3n) is 1.45. The van der Waals surface area contributed by atoms with E-state index >= 15 is 0 Å². The van der Waals surface area contributed by atoms with Crippen LogP contribution < -0.4 is 0 Å². The molecule has 1 heterocycles. The van der Waals surface area contributed by atoms with Crippen molar-refractivity contribution < 1.29 is 8.84 Å². The molecule has 1 fully saturated rings. The van der Waals surface area contributed by atoms with E-state index < -0.39 is 9.85 Å². The minimum absolute atomic E-state index is 0.0590. The molecule has 48 valence electrons. The van der Waals surface area contributed by atoms with Crippen molar-refractivity contribution in [3.63, 3.8) is 0 Å². The zero-order valence-corrected chi connectivity index (χ0v) is 6.31. The fraction of sp³-hybridized carbons (Fsp3) is 1.00. The van der Waals surface area contributed by atoms with Crippen LogP contribution in [0.5, 0.6) is 0 Å². The zero-order chi connectivity index (χ0) is 5.82. The van der Waals surface area contributed by atoms with Gasteiger partial charge in [-0.15, -0.1) is 0 Å². The van der Waals surface area contributed by atoms with Crippen molar-refractivity contribution in [1.82, 2.24) is 0 Å². The van der Waals surface area contributed by atoms with Gasteiger partial charge in [-0.05, 0) is 19.3 Å². The molecular formula is C5H11FOSi. The largest absolute Gasteiger partial charge is 0.379 e. The highest BCUT2D eigenvalue weighted by atomic mass is 28.3. The Kier molecular flexibility index (Phi) is 2.49. The molecule has 1 aliphatic rings. The molecule has 0 radical (unpaired) electrons. The maximum atomic E-state index is 11.9. The second-order valence-corrected chi connectivity index (χ2v) is 3.36. The monoisotopic (exact) mass is 134 g/mol. The number of ether oxygens (including phenoxy) is 1. The smallest absolute Gasteiger partial charge is 0.245 e. The first kappa shape index (κ1) is 6.23. The Balaban J connectivity index is 2.13. The van der Waals surface area contributed by atoms with Gasteiger partial charge in [-0.25, -0.2) is 0 Å². The van der Waals surface area contributed by atoms with Crippen LogP contribution in [0.2, 0.25) is 0 Å². The van der Waals surface area contributed by atoms with E-state index in [1.54, 1.807) is 0 Å². The van der Waals surface area contributed by atoms with Gasteiger partial charge in [0.25, 0.3) is 0 Å². The lowest BCUT2D eigenvalue weighted by Gasteiger charge is -2.18. The van der Waals surface area contributed by atoms with Gasteiger partial charge in [-0.2, -0.15) is 0 Å². The lowest BCUT2D eigenvalue weighted by atomic mass is 10.2. The molecule has 0 aromatic carbocycles. The van der Waals surface area contributed by atoms with Crippen LogP contribution in [-0.4, -0.2) is 22.2 Å². The van der Waals surface area contributed by atoms with Crippen molar-refractivity contribution >= 4 is 9.85 Å². The zero-order valence-electron chi connectivity index (χ0n) is 4.90. The number of hydrogen-bond donors (Lipinski definition) is 0. The molecule has 1 atom stereocenters. The minimum Gasteiger partial charge on any atom is -0.379 e. The molecule has 3 heteroatoms. The van der Waals surface area contributed by atoms with Crippen LogP contribution in [0.15, 0.2) is 0 Å². The first-order valence-corrected chi connectivity index (χ1v) is 4.46. The normalized spacial score (nSPS) is 31.9. The first-order chi connectivity index (χ1) is 3.93. The van der Waals surface area contributed by atoms with E-state index in [-0.39, 0.29) is 5.73 Å². The van der Waals surface area contributed by atoms with Crippen LogP contribution in [0.25, 0.3) is 0 Å². The molecule has 1 aliphatic heterocycles. The highest BCUT2D eigenvalue weighted by Crippen LogP contribution is 2.10. The topological polar surface area (TPSA) is 9.23 Å². The minimum atomic E-state index is -1.35. The molecule has 0 N–H and O–H groups in total. The molecule has 0 aromatic heterocycles. The fourth-order valence-corrected chi connectivity index (χ4v) is 1.63. The van der Waals surface area contributed by atoms with E-state index in [1.807, 2.05) is 0 Å². The SMILES string of the molecule is F[SiH2]C1CCCCO1. The third kappa shape index (κ3) is 1.56. The summed E-state index contributed by atoms with van der Waals surface area (Å²) in [7, 11) is -1.35. The highest BCUT2D eigenvalue weighted by molar-refractivity contribution is 6.28. The summed E-state index contributed by atoms with van der Waals surface area (Å²) >= 11 is 0. The average molecular weight is 134 g/mol. The van der Waals surface area contributed by atoms with Crippen molar-refractivity contribution in [2.24, 2.45) is 0 Å². The van der Waals surface area contributed by atoms with Gasteiger partial charge in [0.05, 0.1) is 5.73 Å². The molecule has 0 amide bonds. The van der Waals surface area contributed by atoms with Gasteiger partial charge >= 0.3 is 0 Å². The molecule has 0 saturated carbocycles. The van der Waals surface area contributed by atoms with Crippen LogP contribution >= 0.6 is 0 Å². The predicted octanol–water partition coefficient (Wildman–Crippen LogP) is 0.566. The number of rotatable bonds is 1. The summed E-state index contributed by atoms with van der Waals surface area (Å²) in [6.45, 7) is 0.793. The van der Waals surface area contributed by atoms with Gasteiger partial charge in [0.1, 0.15) is 0 Å². The molecule has 0 spiro atoms. The molecule has 0 aliphatic carbocycles. The standard InChI is InChI=1S/C5H11FOSi/c6-8-5-3-1-2-4-7-5/h5H,1-4,8H2. The molecule has 0 aromatic rings. The maximum absolute atomic E-state index is 11.9. The summed E-state index contributed by atoms with van der Waals surface area (Å²) in [5.41, 5.74) is 0.0590. The Bertz CT molecular complexity index is 63.4. The summed E-state index contributed by atoms with van der Waals surface area (Å²) in [6.07, 6.45) is 3.27. The Morgan fingerprint density at radius 2 is 2.38 bits per heavy atom. The van der Waals surface area contributed by atoms with E-state index in [2.05, 4.69) is 0 Å². The van der Waals surface area contributed by atoms with Gasteiger partial charge in [-0.1, -0.05) is 0 Å². The average Bonchev–Trinajstić information content (AvgIpc) is 1.90. The summed E-state index contributed by atoms with van der Waals surface area (Å²) in [4.78, 5) is 0. The third-order valence-corrected chi connectivity index (χ3v) is 2.43. The fourth-order valence-electron chi connectivity index (χ4n) is 0.929. The van der Waals surface area contributed by atoms with Crippen molar-refractivity contribution in [3.05, 3.63) is 0 Å². The van der Waals surface area contributed by atoms with Crippen molar-refractivity contribution in [3.8, 4) is 0 Å². The van der Waals surface area contributed by atoms with Gasteiger partial charge in [0.2, 0.25) is 9.85 Å². The van der Waals surface area contributed by atoms with Gasteiger partial charge in [0.15, 0.2) is 0 Å². The van der Waals surface area contributed by atoms with Crippen LogP contribution in [0, 0.1) is 0 Å². The van der Waals surface area contributed by atoms with Crippen molar-refractivity contribution in [2.45, 2.75) is 25.0 Å². The molecule has 1 saturated heterocycles. The number of hydrogen-bond acceptors (Lipinski definition) is 1. The van der Waals surface area contributed by atoms with E-state index in [4.69, 9.17) is 4.74 Å². The Hall–Kier alpha value is 0.107.